The van der Waals surface area contributed by atoms with Crippen molar-refractivity contribution in [2.45, 2.75) is 19.6 Å². The van der Waals surface area contributed by atoms with E-state index >= 15 is 0 Å². The van der Waals surface area contributed by atoms with Crippen LogP contribution in [0.25, 0.3) is 5.76 Å². The number of carbonyl (C=O) groups excluding carboxylic acids is 2. The largest absolute Gasteiger partial charge is 0.507 e. The Morgan fingerprint density at radius 2 is 1.75 bits per heavy atom. The molecule has 1 fully saturated rings. The lowest BCUT2D eigenvalue weighted by Crippen LogP contribution is -2.35. The lowest BCUT2D eigenvalue weighted by atomic mass is 9.95. The number of likely N-dealkylation sites (N-methyl/N-ethyl adjacent to an activating group) is 1. The lowest BCUT2D eigenvalue weighted by Gasteiger charge is -2.26. The number of aliphatic hydroxyl groups excluding tert-OH is 1. The highest BCUT2D eigenvalue weighted by atomic mass is 35.5. The summed E-state index contributed by atoms with van der Waals surface area (Å²) in [6.07, 6.45) is 0. The van der Waals surface area contributed by atoms with E-state index in [9.17, 15) is 14.7 Å². The van der Waals surface area contributed by atoms with E-state index in [1.54, 1.807) is 48.5 Å². The summed E-state index contributed by atoms with van der Waals surface area (Å²) in [5.41, 5.74) is 3.36. The highest BCUT2D eigenvalue weighted by Crippen LogP contribution is 2.40. The predicted molar refractivity (Wildman–Crippen MR) is 141 cm³/mol. The predicted octanol–water partition coefficient (Wildman–Crippen LogP) is 5.21. The maximum Gasteiger partial charge on any atom is 0.295 e. The molecule has 0 saturated carbocycles. The Morgan fingerprint density at radius 3 is 2.42 bits per heavy atom. The van der Waals surface area contributed by atoms with E-state index in [1.165, 1.54) is 4.90 Å². The Hall–Kier alpha value is -3.61. The zero-order chi connectivity index (χ0) is 25.8. The average Bonchev–Trinajstić information content (AvgIpc) is 3.11. The molecule has 3 aromatic rings. The average molecular weight is 505 g/mol. The number of halogens is 1. The molecule has 0 aliphatic carbocycles. The third-order valence-electron chi connectivity index (χ3n) is 6.11. The summed E-state index contributed by atoms with van der Waals surface area (Å²) in [6, 6.07) is 21.2. The molecule has 7 heteroatoms. The van der Waals surface area contributed by atoms with Gasteiger partial charge in [0.1, 0.15) is 18.1 Å². The molecule has 1 heterocycles. The van der Waals surface area contributed by atoms with Crippen molar-refractivity contribution in [3.63, 3.8) is 0 Å². The highest BCUT2D eigenvalue weighted by molar-refractivity contribution is 6.46. The lowest BCUT2D eigenvalue weighted by molar-refractivity contribution is -0.140. The van der Waals surface area contributed by atoms with Crippen molar-refractivity contribution in [1.29, 1.82) is 0 Å². The number of ketones is 1. The van der Waals surface area contributed by atoms with Crippen LogP contribution in [0.15, 0.2) is 78.4 Å². The summed E-state index contributed by atoms with van der Waals surface area (Å²) >= 11 is 6.23. The van der Waals surface area contributed by atoms with Gasteiger partial charge >= 0.3 is 0 Å². The van der Waals surface area contributed by atoms with Gasteiger partial charge in [-0.15, -0.1) is 0 Å². The minimum absolute atomic E-state index is 0.0504. The van der Waals surface area contributed by atoms with Crippen LogP contribution in [0.2, 0.25) is 5.02 Å². The van der Waals surface area contributed by atoms with Gasteiger partial charge in [-0.1, -0.05) is 53.6 Å². The van der Waals surface area contributed by atoms with Crippen molar-refractivity contribution in [3.8, 4) is 5.75 Å². The Bertz CT molecular complexity index is 1300. The van der Waals surface area contributed by atoms with Crippen molar-refractivity contribution in [2.75, 3.05) is 27.2 Å². The number of rotatable bonds is 8. The quantitative estimate of drug-likeness (QED) is 0.259. The maximum atomic E-state index is 13.1. The van der Waals surface area contributed by atoms with Gasteiger partial charge in [0.25, 0.3) is 11.7 Å². The highest BCUT2D eigenvalue weighted by Gasteiger charge is 2.45. The number of aryl methyl sites for hydroxylation is 1. The van der Waals surface area contributed by atoms with Crippen LogP contribution in [0.5, 0.6) is 5.75 Å². The van der Waals surface area contributed by atoms with Crippen molar-refractivity contribution in [1.82, 2.24) is 9.80 Å². The molecule has 1 amide bonds. The third-order valence-corrected chi connectivity index (χ3v) is 6.34. The second kappa shape index (κ2) is 11.0. The molecule has 36 heavy (non-hydrogen) atoms. The van der Waals surface area contributed by atoms with Crippen LogP contribution >= 0.6 is 11.6 Å². The Balaban J connectivity index is 1.64. The molecule has 1 unspecified atom stereocenters. The van der Waals surface area contributed by atoms with Crippen molar-refractivity contribution < 1.29 is 19.4 Å². The number of carbonyl (C=O) groups is 2. The van der Waals surface area contributed by atoms with Crippen molar-refractivity contribution in [2.24, 2.45) is 0 Å². The number of ether oxygens (including phenoxy) is 1. The number of amides is 1. The number of nitrogens with zero attached hydrogens (tertiary/aromatic N) is 2. The maximum absolute atomic E-state index is 13.1. The minimum Gasteiger partial charge on any atom is -0.507 e. The second-order valence-electron chi connectivity index (χ2n) is 9.15. The van der Waals surface area contributed by atoms with Gasteiger partial charge in [0, 0.05) is 23.7 Å². The van der Waals surface area contributed by atoms with E-state index in [4.69, 9.17) is 16.3 Å². The number of benzene rings is 3. The van der Waals surface area contributed by atoms with Crippen LogP contribution in [0.3, 0.4) is 0 Å². The first-order valence-electron chi connectivity index (χ1n) is 11.7. The van der Waals surface area contributed by atoms with Crippen molar-refractivity contribution in [3.05, 3.63) is 106 Å². The molecule has 6 nitrogen and oxygen atoms in total. The minimum atomic E-state index is -0.735. The van der Waals surface area contributed by atoms with Gasteiger partial charge in [-0.2, -0.15) is 0 Å². The molecule has 1 aliphatic heterocycles. The molecule has 1 atom stereocenters. The van der Waals surface area contributed by atoms with Gasteiger partial charge in [0.15, 0.2) is 0 Å². The smallest absolute Gasteiger partial charge is 0.295 e. The fourth-order valence-electron chi connectivity index (χ4n) is 4.27. The van der Waals surface area contributed by atoms with Crippen LogP contribution in [0.4, 0.5) is 0 Å². The van der Waals surface area contributed by atoms with E-state index < -0.39 is 17.7 Å². The van der Waals surface area contributed by atoms with Crippen LogP contribution < -0.4 is 4.74 Å². The molecule has 1 saturated heterocycles. The van der Waals surface area contributed by atoms with Gasteiger partial charge < -0.3 is 19.6 Å². The van der Waals surface area contributed by atoms with Crippen molar-refractivity contribution >= 4 is 29.1 Å². The summed E-state index contributed by atoms with van der Waals surface area (Å²) in [6.45, 7) is 3.34. The Morgan fingerprint density at radius 1 is 1.03 bits per heavy atom. The number of likely N-dealkylation sites (tertiary alicyclic amines) is 1. The first-order valence-corrected chi connectivity index (χ1v) is 12.1. The van der Waals surface area contributed by atoms with Crippen LogP contribution in [0.1, 0.15) is 28.3 Å². The van der Waals surface area contributed by atoms with E-state index in [1.807, 2.05) is 44.1 Å². The van der Waals surface area contributed by atoms with E-state index in [2.05, 4.69) is 6.07 Å². The van der Waals surface area contributed by atoms with Crippen LogP contribution in [-0.2, 0) is 16.2 Å². The summed E-state index contributed by atoms with van der Waals surface area (Å²) < 4.78 is 5.87. The molecule has 4 rings (SSSR count). The van der Waals surface area contributed by atoms with Gasteiger partial charge in [0.05, 0.1) is 11.6 Å². The monoisotopic (exact) mass is 504 g/mol. The number of hydrogen-bond acceptors (Lipinski definition) is 5. The molecule has 0 bridgehead atoms. The molecule has 0 radical (unpaired) electrons. The summed E-state index contributed by atoms with van der Waals surface area (Å²) in [7, 11) is 3.79. The Kier molecular flexibility index (Phi) is 7.77. The molecular weight excluding hydrogens is 476 g/mol. The second-order valence-corrected chi connectivity index (χ2v) is 9.59. The molecule has 0 spiro atoms. The zero-order valence-electron chi connectivity index (χ0n) is 20.6. The standard InChI is InChI=1S/C29H29ClN2O4/c1-19-6-4-7-20(16-19)18-36-24-12-10-21(11-13-24)27(33)25-26(22-8-5-9-23(30)17-22)32(15-14-31(2)3)29(35)28(25)34/h4-13,16-17,26,33H,14-15,18H2,1-3H3/b27-25+. The summed E-state index contributed by atoms with van der Waals surface area (Å²) in [4.78, 5) is 29.5. The SMILES string of the molecule is Cc1cccc(COc2ccc(/C(O)=C3\C(=O)C(=O)N(CCN(C)C)C3c3cccc(Cl)c3)cc2)c1. The van der Waals surface area contributed by atoms with Crippen LogP contribution in [-0.4, -0.2) is 53.8 Å². The third kappa shape index (κ3) is 5.61. The number of Topliss-reactive ketones (excluding diaryl/α,β-unsaturated/α-hetero) is 1. The van der Waals surface area contributed by atoms with Gasteiger partial charge in [0.2, 0.25) is 0 Å². The van der Waals surface area contributed by atoms with Crippen LogP contribution in [0, 0.1) is 6.92 Å². The Labute approximate surface area is 216 Å². The van der Waals surface area contributed by atoms with Gasteiger partial charge in [-0.25, -0.2) is 0 Å². The molecule has 0 aromatic heterocycles. The number of aliphatic hydroxyl groups is 1. The first kappa shape index (κ1) is 25.5. The zero-order valence-corrected chi connectivity index (χ0v) is 21.3. The fraction of sp³-hybridized carbons (Fsp3) is 0.241. The molecule has 1 aliphatic rings. The topological polar surface area (TPSA) is 70.1 Å². The molecular formula is C29H29ClN2O4. The van der Waals surface area contributed by atoms with Gasteiger partial charge in [-0.05, 0) is 68.5 Å². The summed E-state index contributed by atoms with van der Waals surface area (Å²) in [5.74, 6) is -0.945. The normalized spacial score (nSPS) is 17.1. The molecule has 186 valence electrons. The van der Waals surface area contributed by atoms with E-state index in [-0.39, 0.29) is 11.3 Å². The van der Waals surface area contributed by atoms with E-state index in [0.717, 1.165) is 11.1 Å². The fourth-order valence-corrected chi connectivity index (χ4v) is 4.47. The summed E-state index contributed by atoms with van der Waals surface area (Å²) in [5, 5.41) is 11.7. The molecule has 1 N–H and O–H groups in total. The van der Waals surface area contributed by atoms with E-state index in [0.29, 0.717) is 41.6 Å². The molecule has 3 aromatic carbocycles. The van der Waals surface area contributed by atoms with Gasteiger partial charge in [-0.3, -0.25) is 9.59 Å². The first-order chi connectivity index (χ1) is 17.2. The number of hydrogen-bond donors (Lipinski definition) is 1.